The van der Waals surface area contributed by atoms with Crippen LogP contribution in [-0.4, -0.2) is 12.5 Å². The average Bonchev–Trinajstić information content (AvgIpc) is 2.15. The highest BCUT2D eigenvalue weighted by atomic mass is 79.9. The predicted molar refractivity (Wildman–Crippen MR) is 62.6 cm³/mol. The SMILES string of the molecule is CC(C)(COc1cccc(Br)c1)C(N)=O. The summed E-state index contributed by atoms with van der Waals surface area (Å²) in [6.45, 7) is 3.79. The first-order valence-corrected chi connectivity index (χ1v) is 5.39. The highest BCUT2D eigenvalue weighted by Gasteiger charge is 2.25. The van der Waals surface area contributed by atoms with Crippen LogP contribution in [0.15, 0.2) is 28.7 Å². The highest BCUT2D eigenvalue weighted by Crippen LogP contribution is 2.21. The van der Waals surface area contributed by atoms with E-state index in [0.29, 0.717) is 0 Å². The lowest BCUT2D eigenvalue weighted by Crippen LogP contribution is -2.36. The van der Waals surface area contributed by atoms with Crippen LogP contribution in [0.1, 0.15) is 13.8 Å². The van der Waals surface area contributed by atoms with Crippen molar-refractivity contribution in [2.75, 3.05) is 6.61 Å². The number of halogens is 1. The Labute approximate surface area is 97.7 Å². The summed E-state index contributed by atoms with van der Waals surface area (Å²) in [5.74, 6) is 0.358. The third-order valence-electron chi connectivity index (χ3n) is 2.06. The fourth-order valence-electron chi connectivity index (χ4n) is 0.892. The van der Waals surface area contributed by atoms with Crippen LogP contribution >= 0.6 is 15.9 Å². The predicted octanol–water partition coefficient (Wildman–Crippen LogP) is 2.34. The van der Waals surface area contributed by atoms with Gasteiger partial charge in [-0.25, -0.2) is 0 Å². The second-order valence-electron chi connectivity index (χ2n) is 3.99. The van der Waals surface area contributed by atoms with E-state index in [1.165, 1.54) is 0 Å². The number of benzene rings is 1. The second-order valence-corrected chi connectivity index (χ2v) is 4.91. The minimum absolute atomic E-state index is 0.277. The molecular formula is C11H14BrNO2. The molecule has 0 saturated carbocycles. The number of primary amides is 1. The van der Waals surface area contributed by atoms with Gasteiger partial charge in [0.05, 0.1) is 5.41 Å². The smallest absolute Gasteiger partial charge is 0.226 e. The van der Waals surface area contributed by atoms with Crippen molar-refractivity contribution < 1.29 is 9.53 Å². The molecule has 0 heterocycles. The van der Waals surface area contributed by atoms with Gasteiger partial charge in [0, 0.05) is 4.47 Å². The molecule has 3 nitrogen and oxygen atoms in total. The van der Waals surface area contributed by atoms with Crippen molar-refractivity contribution >= 4 is 21.8 Å². The zero-order valence-electron chi connectivity index (χ0n) is 8.79. The van der Waals surface area contributed by atoms with Gasteiger partial charge < -0.3 is 10.5 Å². The molecule has 0 fully saturated rings. The maximum absolute atomic E-state index is 11.0. The summed E-state index contributed by atoms with van der Waals surface area (Å²) < 4.78 is 6.42. The van der Waals surface area contributed by atoms with Gasteiger partial charge in [-0.15, -0.1) is 0 Å². The molecule has 1 amide bonds. The van der Waals surface area contributed by atoms with E-state index >= 15 is 0 Å². The monoisotopic (exact) mass is 271 g/mol. The molecule has 0 aliphatic rings. The molecule has 15 heavy (non-hydrogen) atoms. The maximum atomic E-state index is 11.0. The van der Waals surface area contributed by atoms with Crippen molar-refractivity contribution in [2.24, 2.45) is 11.1 Å². The molecule has 0 aliphatic heterocycles. The number of ether oxygens (including phenoxy) is 1. The average molecular weight is 272 g/mol. The summed E-state index contributed by atoms with van der Waals surface area (Å²) in [5, 5.41) is 0. The zero-order chi connectivity index (χ0) is 11.5. The lowest BCUT2D eigenvalue weighted by Gasteiger charge is -2.20. The highest BCUT2D eigenvalue weighted by molar-refractivity contribution is 9.10. The molecule has 0 radical (unpaired) electrons. The van der Waals surface area contributed by atoms with Crippen molar-refractivity contribution in [3.63, 3.8) is 0 Å². The van der Waals surface area contributed by atoms with E-state index in [2.05, 4.69) is 15.9 Å². The van der Waals surface area contributed by atoms with Gasteiger partial charge in [-0.2, -0.15) is 0 Å². The number of hydrogen-bond acceptors (Lipinski definition) is 2. The van der Waals surface area contributed by atoms with Gasteiger partial charge in [0.2, 0.25) is 5.91 Å². The van der Waals surface area contributed by atoms with Crippen LogP contribution in [-0.2, 0) is 4.79 Å². The maximum Gasteiger partial charge on any atom is 0.226 e. The van der Waals surface area contributed by atoms with Gasteiger partial charge in [-0.3, -0.25) is 4.79 Å². The first-order valence-electron chi connectivity index (χ1n) is 4.60. The van der Waals surface area contributed by atoms with Gasteiger partial charge in [-0.1, -0.05) is 22.0 Å². The topological polar surface area (TPSA) is 52.3 Å². The minimum Gasteiger partial charge on any atom is -0.492 e. The van der Waals surface area contributed by atoms with Crippen LogP contribution in [0.4, 0.5) is 0 Å². The molecule has 0 aliphatic carbocycles. The number of rotatable bonds is 4. The Morgan fingerprint density at radius 1 is 1.53 bits per heavy atom. The number of hydrogen-bond donors (Lipinski definition) is 1. The van der Waals surface area contributed by atoms with Crippen LogP contribution in [0.2, 0.25) is 0 Å². The van der Waals surface area contributed by atoms with Crippen LogP contribution in [0.25, 0.3) is 0 Å². The van der Waals surface area contributed by atoms with Gasteiger partial charge in [-0.05, 0) is 32.0 Å². The molecule has 0 unspecified atom stereocenters. The quantitative estimate of drug-likeness (QED) is 0.914. The Hall–Kier alpha value is -1.03. The fourth-order valence-corrected chi connectivity index (χ4v) is 1.27. The molecule has 1 rings (SSSR count). The Bertz CT molecular complexity index is 363. The van der Waals surface area contributed by atoms with Gasteiger partial charge in [0.25, 0.3) is 0 Å². The Morgan fingerprint density at radius 3 is 2.73 bits per heavy atom. The Kier molecular flexibility index (Phi) is 3.74. The lowest BCUT2D eigenvalue weighted by atomic mass is 9.94. The van der Waals surface area contributed by atoms with Crippen molar-refractivity contribution in [2.45, 2.75) is 13.8 Å². The number of nitrogens with two attached hydrogens (primary N) is 1. The molecule has 1 aromatic carbocycles. The minimum atomic E-state index is -0.650. The van der Waals surface area contributed by atoms with Crippen LogP contribution in [0, 0.1) is 5.41 Å². The van der Waals surface area contributed by atoms with Crippen molar-refractivity contribution in [3.05, 3.63) is 28.7 Å². The van der Waals surface area contributed by atoms with Gasteiger partial charge in [0.15, 0.2) is 0 Å². The van der Waals surface area contributed by atoms with Gasteiger partial charge >= 0.3 is 0 Å². The van der Waals surface area contributed by atoms with Gasteiger partial charge in [0.1, 0.15) is 12.4 Å². The number of amides is 1. The van der Waals surface area contributed by atoms with Crippen molar-refractivity contribution in [1.29, 1.82) is 0 Å². The fraction of sp³-hybridized carbons (Fsp3) is 0.364. The normalized spacial score (nSPS) is 11.1. The summed E-state index contributed by atoms with van der Waals surface area (Å²) in [5.41, 5.74) is 4.59. The summed E-state index contributed by atoms with van der Waals surface area (Å²) in [6.07, 6.45) is 0. The molecule has 0 spiro atoms. The standard InChI is InChI=1S/C11H14BrNO2/c1-11(2,10(13)14)7-15-9-5-3-4-8(12)6-9/h3-6H,7H2,1-2H3,(H2,13,14). The van der Waals surface area contributed by atoms with Crippen LogP contribution in [0.3, 0.4) is 0 Å². The van der Waals surface area contributed by atoms with Crippen molar-refractivity contribution in [1.82, 2.24) is 0 Å². The summed E-state index contributed by atoms with van der Waals surface area (Å²) in [4.78, 5) is 11.0. The summed E-state index contributed by atoms with van der Waals surface area (Å²) >= 11 is 3.34. The second kappa shape index (κ2) is 4.66. The van der Waals surface area contributed by atoms with E-state index in [1.54, 1.807) is 13.8 Å². The number of carbonyl (C=O) groups excluding carboxylic acids is 1. The third-order valence-corrected chi connectivity index (χ3v) is 2.56. The summed E-state index contributed by atoms with van der Waals surface area (Å²) in [6, 6.07) is 7.46. The lowest BCUT2D eigenvalue weighted by molar-refractivity contribution is -0.127. The Morgan fingerprint density at radius 2 is 2.20 bits per heavy atom. The molecule has 1 aromatic rings. The zero-order valence-corrected chi connectivity index (χ0v) is 10.4. The van der Waals surface area contributed by atoms with Crippen molar-refractivity contribution in [3.8, 4) is 5.75 Å². The van der Waals surface area contributed by atoms with Crippen LogP contribution in [0.5, 0.6) is 5.75 Å². The Balaban J connectivity index is 2.61. The van der Waals surface area contributed by atoms with E-state index in [9.17, 15) is 4.79 Å². The van der Waals surface area contributed by atoms with E-state index in [1.807, 2.05) is 24.3 Å². The first kappa shape index (κ1) is 12.0. The van der Waals surface area contributed by atoms with E-state index in [-0.39, 0.29) is 12.5 Å². The first-order chi connectivity index (χ1) is 6.92. The van der Waals surface area contributed by atoms with E-state index in [4.69, 9.17) is 10.5 Å². The molecular weight excluding hydrogens is 258 g/mol. The molecule has 0 aromatic heterocycles. The summed E-state index contributed by atoms with van der Waals surface area (Å²) in [7, 11) is 0. The van der Waals surface area contributed by atoms with Crippen LogP contribution < -0.4 is 10.5 Å². The number of carbonyl (C=O) groups is 1. The molecule has 0 saturated heterocycles. The molecule has 4 heteroatoms. The molecule has 0 bridgehead atoms. The molecule has 82 valence electrons. The molecule has 0 atom stereocenters. The largest absolute Gasteiger partial charge is 0.492 e. The third kappa shape index (κ3) is 3.55. The van der Waals surface area contributed by atoms with E-state index in [0.717, 1.165) is 10.2 Å². The van der Waals surface area contributed by atoms with E-state index < -0.39 is 5.41 Å². The molecule has 2 N–H and O–H groups in total.